The third-order valence-electron chi connectivity index (χ3n) is 1.35. The molecule has 0 bridgehead atoms. The van der Waals surface area contributed by atoms with Crippen LogP contribution in [0.2, 0.25) is 0 Å². The molecule has 4 nitrogen and oxygen atoms in total. The van der Waals surface area contributed by atoms with E-state index in [1.54, 1.807) is 0 Å². The van der Waals surface area contributed by atoms with E-state index in [1.165, 1.54) is 13.8 Å². The molecule has 0 aromatic rings. The number of rotatable bonds is 6. The summed E-state index contributed by atoms with van der Waals surface area (Å²) < 4.78 is 4.59. The van der Waals surface area contributed by atoms with Gasteiger partial charge in [-0.25, -0.2) is 0 Å². The van der Waals surface area contributed by atoms with Gasteiger partial charge in [0.05, 0.1) is 0 Å². The maximum absolute atomic E-state index is 10.8. The van der Waals surface area contributed by atoms with E-state index in [4.69, 9.17) is 0 Å². The number of esters is 1. The van der Waals surface area contributed by atoms with Crippen LogP contribution in [-0.2, 0) is 19.1 Å². The number of carbonyl (C=O) groups is 3. The smallest absolute Gasteiger partial charge is 0.306 e. The molecule has 0 heterocycles. The Labute approximate surface area is 77.3 Å². The lowest BCUT2D eigenvalue weighted by Gasteiger charge is -2.00. The highest BCUT2D eigenvalue weighted by Gasteiger charge is 2.04. The van der Waals surface area contributed by atoms with Crippen molar-refractivity contribution in [3.05, 3.63) is 0 Å². The van der Waals surface area contributed by atoms with Crippen LogP contribution >= 0.6 is 0 Å². The Balaban J connectivity index is 3.41. The Morgan fingerprint density at radius 3 is 2.08 bits per heavy atom. The first-order valence-electron chi connectivity index (χ1n) is 4.17. The zero-order chi connectivity index (χ0) is 10.3. The number of Topliss-reactive ketones (excluding diaryl/α,β-unsaturated/α-hetero) is 2. The van der Waals surface area contributed by atoms with Crippen LogP contribution < -0.4 is 0 Å². The molecule has 0 aromatic heterocycles. The van der Waals surface area contributed by atoms with E-state index in [2.05, 4.69) is 4.74 Å². The second-order valence-electron chi connectivity index (χ2n) is 2.92. The molecule has 0 aliphatic rings. The minimum atomic E-state index is -0.420. The maximum Gasteiger partial charge on any atom is 0.306 e. The molecule has 0 aliphatic heterocycles. The Bertz CT molecular complexity index is 208. The number of ketones is 2. The van der Waals surface area contributed by atoms with Crippen LogP contribution in [0, 0.1) is 0 Å². The number of ether oxygens (including phenoxy) is 1. The summed E-state index contributed by atoms with van der Waals surface area (Å²) in [6.07, 6.45) is 1.08. The second-order valence-corrected chi connectivity index (χ2v) is 2.92. The summed E-state index contributed by atoms with van der Waals surface area (Å²) in [7, 11) is 0. The van der Waals surface area contributed by atoms with Crippen LogP contribution in [0.1, 0.15) is 33.1 Å². The van der Waals surface area contributed by atoms with Gasteiger partial charge in [-0.3, -0.25) is 9.59 Å². The van der Waals surface area contributed by atoms with Crippen molar-refractivity contribution in [2.45, 2.75) is 33.1 Å². The van der Waals surface area contributed by atoms with Gasteiger partial charge in [-0.05, 0) is 20.3 Å². The van der Waals surface area contributed by atoms with E-state index in [9.17, 15) is 14.4 Å². The van der Waals surface area contributed by atoms with Crippen molar-refractivity contribution in [2.24, 2.45) is 0 Å². The molecule has 0 saturated carbocycles. The molecule has 4 heteroatoms. The monoisotopic (exact) mass is 186 g/mol. The van der Waals surface area contributed by atoms with Crippen molar-refractivity contribution < 1.29 is 19.1 Å². The summed E-state index contributed by atoms with van der Waals surface area (Å²) in [6.45, 7) is 2.66. The highest BCUT2D eigenvalue weighted by Crippen LogP contribution is 1.98. The minimum absolute atomic E-state index is 0.0550. The molecule has 0 spiro atoms. The second kappa shape index (κ2) is 6.34. The fraction of sp³-hybridized carbons (Fsp3) is 0.667. The van der Waals surface area contributed by atoms with Crippen LogP contribution in [0.3, 0.4) is 0 Å². The summed E-state index contributed by atoms with van der Waals surface area (Å²) in [5.74, 6) is -0.546. The quantitative estimate of drug-likeness (QED) is 0.578. The van der Waals surface area contributed by atoms with Crippen LogP contribution in [0.15, 0.2) is 0 Å². The van der Waals surface area contributed by atoms with Gasteiger partial charge in [-0.2, -0.15) is 0 Å². The average Bonchev–Trinajstić information content (AvgIpc) is 2.00. The van der Waals surface area contributed by atoms with Crippen LogP contribution in [-0.4, -0.2) is 24.1 Å². The zero-order valence-corrected chi connectivity index (χ0v) is 7.96. The Morgan fingerprint density at radius 2 is 1.62 bits per heavy atom. The molecular weight excluding hydrogens is 172 g/mol. The summed E-state index contributed by atoms with van der Waals surface area (Å²) >= 11 is 0. The summed E-state index contributed by atoms with van der Waals surface area (Å²) in [5.41, 5.74) is 0. The molecule has 0 fully saturated rings. The van der Waals surface area contributed by atoms with E-state index in [0.29, 0.717) is 12.8 Å². The number of carbonyl (C=O) groups excluding carboxylic acids is 3. The Hall–Kier alpha value is -1.19. The fourth-order valence-corrected chi connectivity index (χ4v) is 0.736. The van der Waals surface area contributed by atoms with Gasteiger partial charge in [0.25, 0.3) is 0 Å². The molecular formula is C9H14O4. The highest BCUT2D eigenvalue weighted by atomic mass is 16.5. The topological polar surface area (TPSA) is 60.4 Å². The van der Waals surface area contributed by atoms with Crippen molar-refractivity contribution in [3.8, 4) is 0 Å². The normalized spacial score (nSPS) is 9.38. The lowest BCUT2D eigenvalue weighted by molar-refractivity contribution is -0.147. The predicted molar refractivity (Wildman–Crippen MR) is 46.2 cm³/mol. The molecule has 0 atom stereocenters. The maximum atomic E-state index is 10.8. The molecule has 0 saturated heterocycles. The van der Waals surface area contributed by atoms with Crippen molar-refractivity contribution >= 4 is 17.5 Å². The summed E-state index contributed by atoms with van der Waals surface area (Å²) in [4.78, 5) is 31.7. The van der Waals surface area contributed by atoms with Crippen LogP contribution in [0.4, 0.5) is 0 Å². The number of hydrogen-bond acceptors (Lipinski definition) is 4. The molecule has 0 radical (unpaired) electrons. The molecule has 0 aliphatic carbocycles. The Kier molecular flexibility index (Phi) is 5.76. The van der Waals surface area contributed by atoms with E-state index in [-0.39, 0.29) is 24.6 Å². The van der Waals surface area contributed by atoms with Crippen molar-refractivity contribution in [1.29, 1.82) is 0 Å². The number of hydrogen-bond donors (Lipinski definition) is 0. The molecule has 0 rings (SSSR count). The van der Waals surface area contributed by atoms with Gasteiger partial charge in [-0.15, -0.1) is 0 Å². The lowest BCUT2D eigenvalue weighted by atomic mass is 10.2. The standard InChI is InChI=1S/C9H14O4/c1-7(10)4-3-5-9(12)13-6-8(2)11/h3-6H2,1-2H3. The van der Waals surface area contributed by atoms with Crippen LogP contribution in [0.25, 0.3) is 0 Å². The zero-order valence-electron chi connectivity index (χ0n) is 7.96. The first-order chi connectivity index (χ1) is 6.02. The van der Waals surface area contributed by atoms with Crippen LogP contribution in [0.5, 0.6) is 0 Å². The first kappa shape index (κ1) is 11.8. The molecule has 74 valence electrons. The predicted octanol–water partition coefficient (Wildman–Crippen LogP) is 0.878. The fourth-order valence-electron chi connectivity index (χ4n) is 0.736. The molecule has 13 heavy (non-hydrogen) atoms. The first-order valence-corrected chi connectivity index (χ1v) is 4.17. The average molecular weight is 186 g/mol. The van der Waals surface area contributed by atoms with Gasteiger partial charge >= 0.3 is 5.97 Å². The van der Waals surface area contributed by atoms with E-state index in [0.717, 1.165) is 0 Å². The van der Waals surface area contributed by atoms with Crippen molar-refractivity contribution in [1.82, 2.24) is 0 Å². The third-order valence-corrected chi connectivity index (χ3v) is 1.35. The van der Waals surface area contributed by atoms with Gasteiger partial charge in [0.15, 0.2) is 5.78 Å². The van der Waals surface area contributed by atoms with E-state index < -0.39 is 5.97 Å². The Morgan fingerprint density at radius 1 is 1.00 bits per heavy atom. The molecule has 0 aromatic carbocycles. The van der Waals surface area contributed by atoms with E-state index >= 15 is 0 Å². The van der Waals surface area contributed by atoms with Gasteiger partial charge in [0.2, 0.25) is 0 Å². The third kappa shape index (κ3) is 8.72. The largest absolute Gasteiger partial charge is 0.458 e. The van der Waals surface area contributed by atoms with Crippen molar-refractivity contribution in [2.75, 3.05) is 6.61 Å². The summed E-state index contributed by atoms with van der Waals surface area (Å²) in [6, 6.07) is 0. The van der Waals surface area contributed by atoms with Crippen molar-refractivity contribution in [3.63, 3.8) is 0 Å². The molecule has 0 unspecified atom stereocenters. The van der Waals surface area contributed by atoms with Gasteiger partial charge in [0, 0.05) is 12.8 Å². The van der Waals surface area contributed by atoms with Gasteiger partial charge in [-0.1, -0.05) is 0 Å². The molecule has 0 amide bonds. The minimum Gasteiger partial charge on any atom is -0.458 e. The highest BCUT2D eigenvalue weighted by molar-refractivity contribution is 5.80. The molecule has 0 N–H and O–H groups in total. The lowest BCUT2D eigenvalue weighted by Crippen LogP contribution is -2.11. The van der Waals surface area contributed by atoms with Gasteiger partial charge in [0.1, 0.15) is 12.4 Å². The van der Waals surface area contributed by atoms with E-state index in [1.807, 2.05) is 0 Å². The summed E-state index contributed by atoms with van der Waals surface area (Å²) in [5, 5.41) is 0. The SMILES string of the molecule is CC(=O)CCCC(=O)OCC(C)=O. The van der Waals surface area contributed by atoms with Gasteiger partial charge < -0.3 is 9.53 Å².